The summed E-state index contributed by atoms with van der Waals surface area (Å²) < 4.78 is 17.3. The lowest BCUT2D eigenvalue weighted by atomic mass is 9.91. The maximum atomic E-state index is 12.5. The van der Waals surface area contributed by atoms with Crippen LogP contribution in [0.5, 0.6) is 5.75 Å². The largest absolute Gasteiger partial charge is 0.483 e. The number of hydrogen-bond acceptors (Lipinski definition) is 4. The molecule has 0 atom stereocenters. The summed E-state index contributed by atoms with van der Waals surface area (Å²) in [5.74, 6) is 0.503. The molecule has 2 heterocycles. The first-order valence-corrected chi connectivity index (χ1v) is 9.05. The molecule has 0 radical (unpaired) electrons. The molecule has 1 spiro atoms. The van der Waals surface area contributed by atoms with E-state index < -0.39 is 5.79 Å². The van der Waals surface area contributed by atoms with Crippen molar-refractivity contribution in [3.8, 4) is 5.75 Å². The van der Waals surface area contributed by atoms with Crippen molar-refractivity contribution in [3.63, 3.8) is 0 Å². The van der Waals surface area contributed by atoms with Gasteiger partial charge in [0, 0.05) is 25.9 Å². The second kappa shape index (κ2) is 6.73. The number of rotatable bonds is 3. The van der Waals surface area contributed by atoms with Gasteiger partial charge >= 0.3 is 0 Å². The van der Waals surface area contributed by atoms with Crippen LogP contribution in [0.15, 0.2) is 18.2 Å². The molecule has 1 aromatic rings. The summed E-state index contributed by atoms with van der Waals surface area (Å²) in [7, 11) is 0. The molecule has 3 aliphatic rings. The Morgan fingerprint density at radius 2 is 1.88 bits per heavy atom. The quantitative estimate of drug-likeness (QED) is 0.853. The number of likely N-dealkylation sites (tertiary alicyclic amines) is 1. The van der Waals surface area contributed by atoms with E-state index in [2.05, 4.69) is 6.07 Å². The zero-order valence-corrected chi connectivity index (χ0v) is 14.1. The van der Waals surface area contributed by atoms with Crippen molar-refractivity contribution in [2.75, 3.05) is 32.9 Å². The highest BCUT2D eigenvalue weighted by atomic mass is 16.7. The minimum absolute atomic E-state index is 0.0521. The molecule has 2 fully saturated rings. The van der Waals surface area contributed by atoms with E-state index in [1.165, 1.54) is 24.0 Å². The molecule has 2 saturated heterocycles. The average Bonchev–Trinajstić information content (AvgIpc) is 3.08. The molecule has 0 unspecified atom stereocenters. The second-order valence-electron chi connectivity index (χ2n) is 6.88. The number of benzene rings is 1. The molecule has 5 heteroatoms. The third-order valence-electron chi connectivity index (χ3n) is 5.40. The molecule has 0 bridgehead atoms. The highest BCUT2D eigenvalue weighted by molar-refractivity contribution is 5.78. The highest BCUT2D eigenvalue weighted by Crippen LogP contribution is 2.32. The van der Waals surface area contributed by atoms with E-state index in [0.717, 1.165) is 31.4 Å². The van der Waals surface area contributed by atoms with Gasteiger partial charge in [-0.05, 0) is 42.9 Å². The fourth-order valence-corrected chi connectivity index (χ4v) is 3.99. The third kappa shape index (κ3) is 3.15. The van der Waals surface area contributed by atoms with Crippen LogP contribution >= 0.6 is 0 Å². The van der Waals surface area contributed by atoms with Gasteiger partial charge in [-0.1, -0.05) is 12.1 Å². The number of piperidine rings is 1. The van der Waals surface area contributed by atoms with Gasteiger partial charge < -0.3 is 19.1 Å². The number of amides is 1. The first kappa shape index (κ1) is 15.9. The molecule has 0 aromatic heterocycles. The number of hydrogen-bond donors (Lipinski definition) is 0. The summed E-state index contributed by atoms with van der Waals surface area (Å²) in [5, 5.41) is 0. The number of nitrogens with zero attached hydrogens (tertiary/aromatic N) is 1. The van der Waals surface area contributed by atoms with Gasteiger partial charge in [0.1, 0.15) is 5.75 Å². The molecule has 130 valence electrons. The predicted octanol–water partition coefficient (Wildman–Crippen LogP) is 2.31. The normalized spacial score (nSPS) is 22.4. The van der Waals surface area contributed by atoms with E-state index in [4.69, 9.17) is 14.2 Å². The Kier molecular flexibility index (Phi) is 4.46. The zero-order chi connectivity index (χ0) is 16.4. The minimum atomic E-state index is -0.434. The summed E-state index contributed by atoms with van der Waals surface area (Å²) in [4.78, 5) is 14.3. The Labute approximate surface area is 142 Å². The van der Waals surface area contributed by atoms with E-state index in [9.17, 15) is 4.79 Å². The van der Waals surface area contributed by atoms with Crippen LogP contribution in [-0.2, 0) is 27.1 Å². The highest BCUT2D eigenvalue weighted by Gasteiger charge is 2.40. The lowest BCUT2D eigenvalue weighted by Crippen LogP contribution is -2.48. The smallest absolute Gasteiger partial charge is 0.260 e. The Hall–Kier alpha value is -1.59. The fraction of sp³-hybridized carbons (Fsp3) is 0.632. The number of fused-ring (bicyclic) bond motifs is 1. The lowest BCUT2D eigenvalue weighted by molar-refractivity contribution is -0.187. The third-order valence-corrected chi connectivity index (χ3v) is 5.40. The molecule has 1 aromatic carbocycles. The second-order valence-corrected chi connectivity index (χ2v) is 6.88. The fourth-order valence-electron chi connectivity index (χ4n) is 3.99. The molecule has 24 heavy (non-hydrogen) atoms. The van der Waals surface area contributed by atoms with Crippen LogP contribution in [0.4, 0.5) is 0 Å². The summed E-state index contributed by atoms with van der Waals surface area (Å²) in [6, 6.07) is 6.20. The van der Waals surface area contributed by atoms with Crippen molar-refractivity contribution in [1.82, 2.24) is 4.90 Å². The van der Waals surface area contributed by atoms with E-state index in [-0.39, 0.29) is 12.5 Å². The number of ether oxygens (including phenoxy) is 3. The molecule has 4 rings (SSSR count). The van der Waals surface area contributed by atoms with E-state index >= 15 is 0 Å². The standard InChI is InChI=1S/C19H25NO4/c21-18(20-10-8-19(9-11-20)23-12-13-24-19)14-22-17-7-3-5-15-4-1-2-6-16(15)17/h3,5,7H,1-2,4,6,8-14H2. The maximum Gasteiger partial charge on any atom is 0.260 e. The molecular formula is C19H25NO4. The lowest BCUT2D eigenvalue weighted by Gasteiger charge is -2.37. The van der Waals surface area contributed by atoms with Crippen molar-refractivity contribution in [1.29, 1.82) is 0 Å². The minimum Gasteiger partial charge on any atom is -0.483 e. The molecule has 1 aliphatic carbocycles. The van der Waals surface area contributed by atoms with E-state index in [1.807, 2.05) is 17.0 Å². The number of carbonyl (C=O) groups is 1. The molecular weight excluding hydrogens is 306 g/mol. The number of carbonyl (C=O) groups excluding carboxylic acids is 1. The summed E-state index contributed by atoms with van der Waals surface area (Å²) in [5.41, 5.74) is 2.67. The van der Waals surface area contributed by atoms with Gasteiger partial charge in [0.05, 0.1) is 13.2 Å². The van der Waals surface area contributed by atoms with Crippen LogP contribution in [0.3, 0.4) is 0 Å². The van der Waals surface area contributed by atoms with Gasteiger partial charge in [-0.3, -0.25) is 4.79 Å². The van der Waals surface area contributed by atoms with Crippen LogP contribution in [0.25, 0.3) is 0 Å². The zero-order valence-electron chi connectivity index (χ0n) is 14.1. The Bertz CT molecular complexity index is 599. The van der Waals surface area contributed by atoms with Crippen molar-refractivity contribution in [2.24, 2.45) is 0 Å². The molecule has 1 amide bonds. The van der Waals surface area contributed by atoms with Crippen LogP contribution in [0.1, 0.15) is 36.8 Å². The SMILES string of the molecule is O=C(COc1cccc2c1CCCC2)N1CCC2(CC1)OCCO2. The van der Waals surface area contributed by atoms with Gasteiger partial charge in [-0.25, -0.2) is 0 Å². The Balaban J connectivity index is 1.33. The monoisotopic (exact) mass is 331 g/mol. The topological polar surface area (TPSA) is 48.0 Å². The molecule has 2 aliphatic heterocycles. The van der Waals surface area contributed by atoms with Gasteiger partial charge in [0.25, 0.3) is 5.91 Å². The van der Waals surface area contributed by atoms with Crippen LogP contribution < -0.4 is 4.74 Å². The molecule has 0 saturated carbocycles. The van der Waals surface area contributed by atoms with Crippen molar-refractivity contribution >= 4 is 5.91 Å². The Morgan fingerprint density at radius 3 is 2.67 bits per heavy atom. The first-order chi connectivity index (χ1) is 11.8. The van der Waals surface area contributed by atoms with Gasteiger partial charge in [0.2, 0.25) is 0 Å². The first-order valence-electron chi connectivity index (χ1n) is 9.05. The van der Waals surface area contributed by atoms with Crippen LogP contribution in [0, 0.1) is 0 Å². The van der Waals surface area contributed by atoms with E-state index in [1.54, 1.807) is 0 Å². The van der Waals surface area contributed by atoms with Crippen molar-refractivity contribution in [3.05, 3.63) is 29.3 Å². The summed E-state index contributed by atoms with van der Waals surface area (Å²) >= 11 is 0. The van der Waals surface area contributed by atoms with Crippen molar-refractivity contribution < 1.29 is 19.0 Å². The maximum absolute atomic E-state index is 12.5. The number of aryl methyl sites for hydroxylation is 1. The molecule has 0 N–H and O–H groups in total. The van der Waals surface area contributed by atoms with Gasteiger partial charge in [-0.15, -0.1) is 0 Å². The van der Waals surface area contributed by atoms with Crippen molar-refractivity contribution in [2.45, 2.75) is 44.3 Å². The Morgan fingerprint density at radius 1 is 1.12 bits per heavy atom. The summed E-state index contributed by atoms with van der Waals surface area (Å²) in [6.45, 7) is 2.79. The molecule has 5 nitrogen and oxygen atoms in total. The predicted molar refractivity (Wildman–Crippen MR) is 89.0 cm³/mol. The van der Waals surface area contributed by atoms with Crippen LogP contribution in [0.2, 0.25) is 0 Å². The van der Waals surface area contributed by atoms with E-state index in [0.29, 0.717) is 26.3 Å². The average molecular weight is 331 g/mol. The summed E-state index contributed by atoms with van der Waals surface area (Å²) in [6.07, 6.45) is 6.12. The van der Waals surface area contributed by atoms with Crippen LogP contribution in [-0.4, -0.2) is 49.5 Å². The van der Waals surface area contributed by atoms with Gasteiger partial charge in [0.15, 0.2) is 12.4 Å². The van der Waals surface area contributed by atoms with Gasteiger partial charge in [-0.2, -0.15) is 0 Å².